The average molecular weight is 757 g/mol. The topological polar surface area (TPSA) is 166 Å². The molecule has 3 saturated carbocycles. The Morgan fingerprint density at radius 2 is 1.90 bits per heavy atom. The van der Waals surface area contributed by atoms with Gasteiger partial charge < -0.3 is 39.6 Å². The van der Waals surface area contributed by atoms with Gasteiger partial charge in [-0.15, -0.1) is 18.3 Å². The van der Waals surface area contributed by atoms with Crippen LogP contribution in [0.15, 0.2) is 48.0 Å². The molecule has 1 aromatic heterocycles. The van der Waals surface area contributed by atoms with E-state index in [-0.39, 0.29) is 25.5 Å². The number of rotatable bonds is 16. The van der Waals surface area contributed by atoms with Gasteiger partial charge >= 0.3 is 12.1 Å². The zero-order valence-corrected chi connectivity index (χ0v) is 31.1. The second-order valence-corrected chi connectivity index (χ2v) is 15.6. The molecule has 8 atom stereocenters. The predicted molar refractivity (Wildman–Crippen MR) is 195 cm³/mol. The van der Waals surface area contributed by atoms with E-state index in [9.17, 15) is 24.3 Å². The molecule has 3 amide bonds. The minimum atomic E-state index is -1.52. The van der Waals surface area contributed by atoms with Crippen LogP contribution in [0, 0.1) is 17.8 Å². The number of carboxylic acids is 1. The van der Waals surface area contributed by atoms with E-state index in [1.807, 2.05) is 6.92 Å². The molecule has 2 aromatic rings. The quantitative estimate of drug-likeness (QED) is 0.120. The van der Waals surface area contributed by atoms with Crippen molar-refractivity contribution >= 4 is 58.1 Å². The highest BCUT2D eigenvalue weighted by Crippen LogP contribution is 2.52. The van der Waals surface area contributed by atoms with E-state index in [1.54, 1.807) is 32.2 Å². The van der Waals surface area contributed by atoms with Crippen molar-refractivity contribution in [2.75, 3.05) is 32.6 Å². The van der Waals surface area contributed by atoms with Crippen molar-refractivity contribution in [1.82, 2.24) is 20.5 Å². The van der Waals surface area contributed by atoms with Crippen molar-refractivity contribution in [2.24, 2.45) is 17.8 Å². The van der Waals surface area contributed by atoms with Crippen molar-refractivity contribution in [3.8, 4) is 11.5 Å². The lowest BCUT2D eigenvalue weighted by Crippen LogP contribution is -2.56. The maximum Gasteiger partial charge on any atom is 0.408 e. The summed E-state index contributed by atoms with van der Waals surface area (Å²) in [7, 11) is 1.58. The lowest BCUT2D eigenvalue weighted by atomic mass is 10.1. The fraction of sp³-hybridized carbons (Fsp3) is 0.541. The molecule has 0 bridgehead atoms. The highest BCUT2D eigenvalue weighted by atomic mass is 35.5. The van der Waals surface area contributed by atoms with Crippen LogP contribution in [0.25, 0.3) is 10.9 Å². The molecule has 3 aliphatic carbocycles. The third-order valence-corrected chi connectivity index (χ3v) is 11.5. The number of hydrogen-bond donors (Lipinski definition) is 3. The standard InChI is InChI=1S/C37H45ClN4O9S/c1-6-22-17-37(22,35(45)46)41-33(43)26-15-24(18-42(26)34(44)31(19(3)4)40-36(47)51-23-13-20-12-21(20)14-23)50-28-16-29(52-7-2)39-32-25(28)8-9-27(30(32)38)49-11-10-48-5/h6,8-9,16,20-24,26,31H,1,3,7,10-15,17-18H2,2,4-5H3,(H,40,47)(H,41,43)(H,45,46)/t20-,21+,22-,23?,24-,26+,31+,37-/m1/s1. The molecule has 3 N–H and O–H groups in total. The maximum absolute atomic E-state index is 14.3. The number of nitrogens with zero attached hydrogens (tertiary/aromatic N) is 2. The molecular formula is C37H45ClN4O9S. The van der Waals surface area contributed by atoms with Crippen LogP contribution in [0.1, 0.15) is 46.0 Å². The molecule has 1 saturated heterocycles. The van der Waals surface area contributed by atoms with Crippen LogP contribution in [0.4, 0.5) is 4.79 Å². The predicted octanol–water partition coefficient (Wildman–Crippen LogP) is 4.99. The number of fused-ring (bicyclic) bond motifs is 2. The van der Waals surface area contributed by atoms with Crippen molar-refractivity contribution in [3.05, 3.63) is 48.0 Å². The Balaban J connectivity index is 1.27. The zero-order valence-electron chi connectivity index (χ0n) is 29.5. The number of aliphatic carboxylic acids is 1. The van der Waals surface area contributed by atoms with Gasteiger partial charge in [-0.2, -0.15) is 0 Å². The van der Waals surface area contributed by atoms with Crippen LogP contribution in [0.5, 0.6) is 11.5 Å². The third kappa shape index (κ3) is 7.84. The Morgan fingerprint density at radius 1 is 1.15 bits per heavy atom. The van der Waals surface area contributed by atoms with Gasteiger partial charge in [0.1, 0.15) is 58.0 Å². The van der Waals surface area contributed by atoms with Crippen LogP contribution in [-0.4, -0.2) is 101 Å². The molecule has 4 fully saturated rings. The number of amides is 3. The molecule has 1 unspecified atom stereocenters. The summed E-state index contributed by atoms with van der Waals surface area (Å²) >= 11 is 8.28. The Bertz CT molecular complexity index is 1770. The summed E-state index contributed by atoms with van der Waals surface area (Å²) in [5.74, 6) is -0.0917. The number of carbonyl (C=O) groups is 4. The van der Waals surface area contributed by atoms with Gasteiger partial charge in [-0.05, 0) is 67.9 Å². The van der Waals surface area contributed by atoms with Crippen LogP contribution < -0.4 is 20.1 Å². The average Bonchev–Trinajstić information content (AvgIpc) is 3.92. The molecule has 15 heteroatoms. The largest absolute Gasteiger partial charge is 0.490 e. The van der Waals surface area contributed by atoms with Gasteiger partial charge in [0.15, 0.2) is 0 Å². The number of hydrogen-bond acceptors (Lipinski definition) is 10. The summed E-state index contributed by atoms with van der Waals surface area (Å²) in [4.78, 5) is 59.6. The number of nitrogens with one attached hydrogen (secondary N) is 2. The number of likely N-dealkylation sites (tertiary alicyclic amines) is 1. The Morgan fingerprint density at radius 3 is 2.54 bits per heavy atom. The SMILES string of the molecule is C=C[C@@H]1C[C@]1(NC(=O)[C@@H]1C[C@@H](Oc2cc(SCC)nc3c(Cl)c(OCCOC)ccc23)CN1C(=O)[C@@H](NC(=O)OC1C[C@@H]2C[C@@H]2C1)C(=C)C)C(=O)O. The van der Waals surface area contributed by atoms with Gasteiger partial charge in [-0.25, -0.2) is 14.6 Å². The lowest BCUT2D eigenvalue weighted by Gasteiger charge is -2.29. The Hall–Kier alpha value is -4.01. The molecule has 0 radical (unpaired) electrons. The van der Waals surface area contributed by atoms with E-state index in [4.69, 9.17) is 35.5 Å². The number of alkyl carbamates (subject to hydrolysis) is 1. The molecular weight excluding hydrogens is 712 g/mol. The molecule has 13 nitrogen and oxygen atoms in total. The van der Waals surface area contributed by atoms with Gasteiger partial charge in [-0.3, -0.25) is 9.59 Å². The summed E-state index contributed by atoms with van der Waals surface area (Å²) in [5, 5.41) is 16.9. The van der Waals surface area contributed by atoms with Crippen molar-refractivity contribution in [2.45, 2.75) is 80.8 Å². The van der Waals surface area contributed by atoms with Crippen molar-refractivity contribution < 1.29 is 43.2 Å². The number of carbonyl (C=O) groups excluding carboxylic acids is 3. The first-order valence-corrected chi connectivity index (χ1v) is 18.9. The normalized spacial score (nSPS) is 27.7. The van der Waals surface area contributed by atoms with Crippen LogP contribution in [0.3, 0.4) is 0 Å². The molecule has 1 aliphatic heterocycles. The first-order chi connectivity index (χ1) is 24.9. The molecule has 4 aliphatic rings. The van der Waals surface area contributed by atoms with E-state index in [2.05, 4.69) is 23.8 Å². The van der Waals surface area contributed by atoms with E-state index < -0.39 is 53.5 Å². The number of ether oxygens (including phenoxy) is 4. The molecule has 0 spiro atoms. The first kappa shape index (κ1) is 37.7. The minimum Gasteiger partial charge on any atom is -0.490 e. The molecule has 1 aromatic carbocycles. The second-order valence-electron chi connectivity index (χ2n) is 14.0. The number of pyridine rings is 1. The number of benzene rings is 1. The molecule has 280 valence electrons. The number of halogens is 1. The van der Waals surface area contributed by atoms with Crippen LogP contribution in [0.2, 0.25) is 5.02 Å². The smallest absolute Gasteiger partial charge is 0.408 e. The molecule has 6 rings (SSSR count). The maximum atomic E-state index is 14.3. The first-order valence-electron chi connectivity index (χ1n) is 17.5. The summed E-state index contributed by atoms with van der Waals surface area (Å²) in [6.07, 6.45) is 2.86. The zero-order chi connectivity index (χ0) is 37.3. The van der Waals surface area contributed by atoms with E-state index >= 15 is 0 Å². The molecule has 52 heavy (non-hydrogen) atoms. The van der Waals surface area contributed by atoms with Crippen LogP contribution in [-0.2, 0) is 23.9 Å². The number of methoxy groups -OCH3 is 1. The van der Waals surface area contributed by atoms with Gasteiger partial charge in [0.05, 0.1) is 18.7 Å². The number of thioether (sulfide) groups is 1. The van der Waals surface area contributed by atoms with Gasteiger partial charge in [0, 0.05) is 30.9 Å². The number of aromatic nitrogens is 1. The highest BCUT2D eigenvalue weighted by Gasteiger charge is 2.61. The van der Waals surface area contributed by atoms with Gasteiger partial charge in [0.2, 0.25) is 11.8 Å². The monoisotopic (exact) mass is 756 g/mol. The Labute approximate surface area is 311 Å². The Kier molecular flexibility index (Phi) is 11.3. The minimum absolute atomic E-state index is 0.0379. The molecule has 2 heterocycles. The fourth-order valence-electron chi connectivity index (χ4n) is 7.35. The van der Waals surface area contributed by atoms with Gasteiger partial charge in [-0.1, -0.05) is 31.2 Å². The summed E-state index contributed by atoms with van der Waals surface area (Å²) < 4.78 is 23.1. The number of carboxylic acid groups (broad SMARTS) is 1. The van der Waals surface area contributed by atoms with Crippen molar-refractivity contribution in [3.63, 3.8) is 0 Å². The van der Waals surface area contributed by atoms with E-state index in [0.717, 1.165) is 25.0 Å². The van der Waals surface area contributed by atoms with E-state index in [1.165, 1.54) is 22.7 Å². The lowest BCUT2D eigenvalue weighted by molar-refractivity contribution is -0.145. The highest BCUT2D eigenvalue weighted by molar-refractivity contribution is 7.99. The van der Waals surface area contributed by atoms with E-state index in [0.29, 0.717) is 63.1 Å². The second kappa shape index (κ2) is 15.5. The van der Waals surface area contributed by atoms with Gasteiger partial charge in [0.25, 0.3) is 0 Å². The summed E-state index contributed by atoms with van der Waals surface area (Å²) in [6.45, 7) is 11.9. The summed E-state index contributed by atoms with van der Waals surface area (Å²) in [5.41, 5.74) is -0.713. The third-order valence-electron chi connectivity index (χ3n) is 10.3. The summed E-state index contributed by atoms with van der Waals surface area (Å²) in [6, 6.07) is 2.97. The van der Waals surface area contributed by atoms with Crippen LogP contribution >= 0.6 is 23.4 Å². The van der Waals surface area contributed by atoms with Crippen molar-refractivity contribution in [1.29, 1.82) is 0 Å². The fourth-order valence-corrected chi connectivity index (χ4v) is 8.25.